The van der Waals surface area contributed by atoms with Crippen LogP contribution in [0.4, 0.5) is 9.59 Å². The van der Waals surface area contributed by atoms with Crippen LogP contribution in [0.25, 0.3) is 0 Å². The maximum absolute atomic E-state index is 12.4. The van der Waals surface area contributed by atoms with Crippen LogP contribution in [0.3, 0.4) is 0 Å². The van der Waals surface area contributed by atoms with E-state index in [9.17, 15) is 19.5 Å². The number of carbonyl (C=O) groups excluding carboxylic acids is 2. The van der Waals surface area contributed by atoms with Crippen LogP contribution in [0.1, 0.15) is 5.56 Å². The molecular weight excluding hydrogens is 342 g/mol. The number of benzene rings is 1. The highest BCUT2D eigenvalue weighted by molar-refractivity contribution is 5.80. The first-order chi connectivity index (χ1) is 12.4. The lowest BCUT2D eigenvalue weighted by atomic mass is 10.1. The Hall–Kier alpha value is -2.81. The van der Waals surface area contributed by atoms with Gasteiger partial charge in [-0.15, -0.1) is 0 Å². The molecule has 1 aromatic rings. The Morgan fingerprint density at radius 3 is 2.35 bits per heavy atom. The molecular formula is C17H23N3O6. The van der Waals surface area contributed by atoms with E-state index in [0.717, 1.165) is 15.6 Å². The second-order valence-electron chi connectivity index (χ2n) is 5.83. The lowest BCUT2D eigenvalue weighted by Crippen LogP contribution is -2.54. The van der Waals surface area contributed by atoms with Gasteiger partial charge in [-0.05, 0) is 5.56 Å². The van der Waals surface area contributed by atoms with E-state index in [0.29, 0.717) is 26.3 Å². The summed E-state index contributed by atoms with van der Waals surface area (Å²) in [4.78, 5) is 37.6. The van der Waals surface area contributed by atoms with Gasteiger partial charge in [0.25, 0.3) is 0 Å². The van der Waals surface area contributed by atoms with E-state index in [-0.39, 0.29) is 12.5 Å². The molecule has 1 atom stereocenters. The summed E-state index contributed by atoms with van der Waals surface area (Å²) in [5.41, 5.74) is 0.730. The molecule has 1 heterocycles. The van der Waals surface area contributed by atoms with E-state index in [2.05, 4.69) is 0 Å². The van der Waals surface area contributed by atoms with Crippen LogP contribution in [-0.2, 0) is 20.7 Å². The molecule has 0 aliphatic carbocycles. The van der Waals surface area contributed by atoms with Crippen molar-refractivity contribution in [3.63, 3.8) is 0 Å². The molecule has 26 heavy (non-hydrogen) atoms. The highest BCUT2D eigenvalue weighted by atomic mass is 16.6. The second-order valence-corrected chi connectivity index (χ2v) is 5.83. The smallest absolute Gasteiger partial charge is 0.429 e. The molecule has 0 bridgehead atoms. The van der Waals surface area contributed by atoms with Crippen molar-refractivity contribution in [1.82, 2.24) is 14.9 Å². The number of amides is 3. The average Bonchev–Trinajstić information content (AvgIpc) is 2.67. The highest BCUT2D eigenvalue weighted by Gasteiger charge is 2.29. The van der Waals surface area contributed by atoms with E-state index in [1.807, 2.05) is 6.07 Å². The molecule has 1 unspecified atom stereocenters. The van der Waals surface area contributed by atoms with E-state index < -0.39 is 18.2 Å². The molecule has 1 aliphatic rings. The summed E-state index contributed by atoms with van der Waals surface area (Å²) in [6, 6.07) is 8.48. The van der Waals surface area contributed by atoms with Crippen molar-refractivity contribution in [1.29, 1.82) is 0 Å². The van der Waals surface area contributed by atoms with Gasteiger partial charge in [-0.2, -0.15) is 0 Å². The van der Waals surface area contributed by atoms with Crippen LogP contribution in [0, 0.1) is 0 Å². The van der Waals surface area contributed by atoms with Gasteiger partial charge in [0.2, 0.25) is 6.10 Å². The summed E-state index contributed by atoms with van der Waals surface area (Å²) in [7, 11) is 2.77. The molecule has 0 saturated carbocycles. The molecule has 1 aromatic carbocycles. The van der Waals surface area contributed by atoms with Gasteiger partial charge in [-0.3, -0.25) is 0 Å². The molecule has 2 rings (SSSR count). The summed E-state index contributed by atoms with van der Waals surface area (Å²) in [6.07, 6.45) is -2.23. The zero-order chi connectivity index (χ0) is 19.1. The van der Waals surface area contributed by atoms with Crippen molar-refractivity contribution < 1.29 is 29.0 Å². The molecule has 1 fully saturated rings. The minimum atomic E-state index is -1.35. The van der Waals surface area contributed by atoms with Gasteiger partial charge in [-0.1, -0.05) is 30.3 Å². The maximum Gasteiger partial charge on any atom is 0.429 e. The molecule has 9 nitrogen and oxygen atoms in total. The van der Waals surface area contributed by atoms with Crippen LogP contribution in [0.5, 0.6) is 0 Å². The molecule has 0 aromatic heterocycles. The predicted molar refractivity (Wildman–Crippen MR) is 91.4 cm³/mol. The van der Waals surface area contributed by atoms with Crippen LogP contribution in [0.15, 0.2) is 30.3 Å². The van der Waals surface area contributed by atoms with E-state index in [1.165, 1.54) is 14.1 Å². The minimum absolute atomic E-state index is 0.0386. The van der Waals surface area contributed by atoms with Gasteiger partial charge < -0.3 is 19.5 Å². The van der Waals surface area contributed by atoms with Crippen LogP contribution in [-0.4, -0.2) is 84.6 Å². The standard InChI is InChI=1S/C17H23N3O6/c1-18(16(23)20-8-10-25-11-9-20)19(2)17(24)26-14(15(21)22)12-13-6-4-3-5-7-13/h3-7,14H,8-12H2,1-2H3,(H,21,22). The number of carboxylic acids is 1. The summed E-state index contributed by atoms with van der Waals surface area (Å²) in [5, 5.41) is 11.4. The number of ether oxygens (including phenoxy) is 2. The number of hydrazine groups is 1. The van der Waals surface area contributed by atoms with Crippen molar-refractivity contribution >= 4 is 18.1 Å². The number of carboxylic acid groups (broad SMARTS) is 1. The van der Waals surface area contributed by atoms with Crippen molar-refractivity contribution in [2.75, 3.05) is 40.4 Å². The number of nitrogens with zero attached hydrogens (tertiary/aromatic N) is 3. The van der Waals surface area contributed by atoms with E-state index >= 15 is 0 Å². The highest BCUT2D eigenvalue weighted by Crippen LogP contribution is 2.10. The summed E-state index contributed by atoms with van der Waals surface area (Å²) in [5.74, 6) is -1.25. The Labute approximate surface area is 151 Å². The molecule has 0 radical (unpaired) electrons. The van der Waals surface area contributed by atoms with Crippen LogP contribution in [0.2, 0.25) is 0 Å². The molecule has 0 spiro atoms. The van der Waals surface area contributed by atoms with Crippen molar-refractivity contribution in [2.45, 2.75) is 12.5 Å². The normalized spacial score (nSPS) is 15.1. The van der Waals surface area contributed by atoms with Gasteiger partial charge in [0, 0.05) is 33.6 Å². The average molecular weight is 365 g/mol. The fourth-order valence-corrected chi connectivity index (χ4v) is 2.42. The lowest BCUT2D eigenvalue weighted by molar-refractivity contribution is -0.147. The predicted octanol–water partition coefficient (Wildman–Crippen LogP) is 1.05. The maximum atomic E-state index is 12.4. The first-order valence-electron chi connectivity index (χ1n) is 8.21. The first kappa shape index (κ1) is 19.5. The van der Waals surface area contributed by atoms with Gasteiger partial charge in [0.15, 0.2) is 0 Å². The minimum Gasteiger partial charge on any atom is -0.478 e. The van der Waals surface area contributed by atoms with Gasteiger partial charge in [0.05, 0.1) is 13.2 Å². The largest absolute Gasteiger partial charge is 0.478 e. The van der Waals surface area contributed by atoms with Gasteiger partial charge >= 0.3 is 18.1 Å². The topological polar surface area (TPSA) is 99.6 Å². The van der Waals surface area contributed by atoms with E-state index in [4.69, 9.17) is 9.47 Å². The number of hydrogen-bond donors (Lipinski definition) is 1. The Balaban J connectivity index is 1.96. The quantitative estimate of drug-likeness (QED) is 0.801. The molecule has 9 heteroatoms. The Morgan fingerprint density at radius 1 is 1.15 bits per heavy atom. The lowest BCUT2D eigenvalue weighted by Gasteiger charge is -2.34. The first-order valence-corrected chi connectivity index (χ1v) is 8.21. The summed E-state index contributed by atoms with van der Waals surface area (Å²) < 4.78 is 10.3. The number of urea groups is 1. The van der Waals surface area contributed by atoms with Crippen LogP contribution >= 0.6 is 0 Å². The van der Waals surface area contributed by atoms with Gasteiger partial charge in [-0.25, -0.2) is 24.4 Å². The zero-order valence-corrected chi connectivity index (χ0v) is 14.8. The fraction of sp³-hybridized carbons (Fsp3) is 0.471. The monoisotopic (exact) mass is 365 g/mol. The molecule has 1 N–H and O–H groups in total. The summed E-state index contributed by atoms with van der Waals surface area (Å²) >= 11 is 0. The fourth-order valence-electron chi connectivity index (χ4n) is 2.42. The van der Waals surface area contributed by atoms with E-state index in [1.54, 1.807) is 29.2 Å². The SMILES string of the molecule is CN(C(=O)OC(Cc1ccccc1)C(=O)O)N(C)C(=O)N1CCOCC1. The molecule has 142 valence electrons. The zero-order valence-electron chi connectivity index (χ0n) is 14.8. The number of carbonyl (C=O) groups is 3. The number of hydrogen-bond acceptors (Lipinski definition) is 5. The van der Waals surface area contributed by atoms with Crippen LogP contribution < -0.4 is 0 Å². The third kappa shape index (κ3) is 5.09. The molecule has 1 aliphatic heterocycles. The number of morpholine rings is 1. The van der Waals surface area contributed by atoms with Crippen molar-refractivity contribution in [2.24, 2.45) is 0 Å². The molecule has 1 saturated heterocycles. The third-order valence-electron chi connectivity index (χ3n) is 4.06. The van der Waals surface area contributed by atoms with Gasteiger partial charge in [0.1, 0.15) is 0 Å². The number of rotatable bonds is 4. The molecule has 3 amide bonds. The Bertz CT molecular complexity index is 633. The Morgan fingerprint density at radius 2 is 1.77 bits per heavy atom. The third-order valence-corrected chi connectivity index (χ3v) is 4.06. The number of aliphatic carboxylic acids is 1. The Kier molecular flexibility index (Phi) is 6.79. The van der Waals surface area contributed by atoms with Crippen molar-refractivity contribution in [3.8, 4) is 0 Å². The summed E-state index contributed by atoms with van der Waals surface area (Å²) in [6.45, 7) is 1.73. The second kappa shape index (κ2) is 9.04. The van der Waals surface area contributed by atoms with Crippen molar-refractivity contribution in [3.05, 3.63) is 35.9 Å².